The Morgan fingerprint density at radius 3 is 2.35 bits per heavy atom. The molecule has 1 rings (SSSR count). The van der Waals surface area contributed by atoms with E-state index in [4.69, 9.17) is 28.5 Å². The Labute approximate surface area is 108 Å². The van der Waals surface area contributed by atoms with Gasteiger partial charge >= 0.3 is 10.1 Å². The van der Waals surface area contributed by atoms with E-state index in [2.05, 4.69) is 9.44 Å². The molecule has 0 atom stereocenters. The third-order valence-corrected chi connectivity index (χ3v) is 2.54. The van der Waals surface area contributed by atoms with Crippen molar-refractivity contribution in [3.05, 3.63) is 33.8 Å². The molecule has 8 heteroatoms. The SMILES string of the molecule is CS(=O)(=O)ON=C(C#N)c1c(Cl)cccc1Cl. The third kappa shape index (κ3) is 3.89. The summed E-state index contributed by atoms with van der Waals surface area (Å²) in [5.41, 5.74) is -0.187. The van der Waals surface area contributed by atoms with Crippen LogP contribution >= 0.6 is 23.2 Å². The molecule has 17 heavy (non-hydrogen) atoms. The highest BCUT2D eigenvalue weighted by Gasteiger charge is 2.14. The summed E-state index contributed by atoms with van der Waals surface area (Å²) in [6.45, 7) is 0. The van der Waals surface area contributed by atoms with Crippen LogP contribution in [0.3, 0.4) is 0 Å². The highest BCUT2D eigenvalue weighted by Crippen LogP contribution is 2.25. The van der Waals surface area contributed by atoms with E-state index in [1.807, 2.05) is 0 Å². The van der Waals surface area contributed by atoms with Crippen molar-refractivity contribution in [3.63, 3.8) is 0 Å². The highest BCUT2D eigenvalue weighted by molar-refractivity contribution is 7.85. The van der Waals surface area contributed by atoms with Crippen molar-refractivity contribution in [2.24, 2.45) is 5.16 Å². The fourth-order valence-corrected chi connectivity index (χ4v) is 1.74. The lowest BCUT2D eigenvalue weighted by Gasteiger charge is -2.03. The first-order valence-corrected chi connectivity index (χ1v) is 6.73. The molecule has 0 aliphatic heterocycles. The smallest absolute Gasteiger partial charge is 0.267 e. The molecule has 0 aliphatic carbocycles. The van der Waals surface area contributed by atoms with E-state index in [1.54, 1.807) is 12.1 Å². The van der Waals surface area contributed by atoms with Crippen LogP contribution in [0.5, 0.6) is 0 Å². The van der Waals surface area contributed by atoms with Crippen LogP contribution in [-0.2, 0) is 14.4 Å². The molecule has 0 N–H and O–H groups in total. The van der Waals surface area contributed by atoms with E-state index in [1.165, 1.54) is 12.1 Å². The Kier molecular flexibility index (Phi) is 4.34. The Bertz CT molecular complexity index is 585. The van der Waals surface area contributed by atoms with Gasteiger partial charge in [0, 0.05) is 0 Å². The van der Waals surface area contributed by atoms with Crippen molar-refractivity contribution in [2.45, 2.75) is 0 Å². The lowest BCUT2D eigenvalue weighted by molar-refractivity contribution is 0.344. The fourth-order valence-electron chi connectivity index (χ4n) is 0.951. The van der Waals surface area contributed by atoms with Gasteiger partial charge < -0.3 is 0 Å². The Morgan fingerprint density at radius 1 is 1.41 bits per heavy atom. The van der Waals surface area contributed by atoms with Crippen LogP contribution in [0.1, 0.15) is 5.56 Å². The summed E-state index contributed by atoms with van der Waals surface area (Å²) < 4.78 is 25.7. The average Bonchev–Trinajstić information content (AvgIpc) is 2.21. The summed E-state index contributed by atoms with van der Waals surface area (Å²) in [6.07, 6.45) is 0.805. The number of halogens is 2. The van der Waals surface area contributed by atoms with Crippen LogP contribution in [0.15, 0.2) is 23.4 Å². The minimum Gasteiger partial charge on any atom is -0.267 e. The second kappa shape index (κ2) is 5.36. The number of oxime groups is 1. The first-order valence-electron chi connectivity index (χ1n) is 4.16. The van der Waals surface area contributed by atoms with Gasteiger partial charge in [-0.15, -0.1) is 0 Å². The summed E-state index contributed by atoms with van der Waals surface area (Å²) >= 11 is 11.7. The number of benzene rings is 1. The van der Waals surface area contributed by atoms with Crippen molar-refractivity contribution in [3.8, 4) is 6.07 Å². The topological polar surface area (TPSA) is 79.5 Å². The van der Waals surface area contributed by atoms with Gasteiger partial charge in [0.05, 0.1) is 21.9 Å². The molecule has 0 fully saturated rings. The summed E-state index contributed by atoms with van der Waals surface area (Å²) in [4.78, 5) is 0. The molecule has 0 amide bonds. The van der Waals surface area contributed by atoms with Crippen LogP contribution in [0, 0.1) is 11.3 Å². The molecule has 90 valence electrons. The molecule has 0 bridgehead atoms. The molecule has 0 aliphatic rings. The summed E-state index contributed by atoms with van der Waals surface area (Å²) in [5, 5.41) is 12.4. The van der Waals surface area contributed by atoms with Gasteiger partial charge in [0.1, 0.15) is 6.07 Å². The maximum atomic E-state index is 10.7. The Hall–Kier alpha value is -1.29. The van der Waals surface area contributed by atoms with Gasteiger partial charge in [0.15, 0.2) is 5.71 Å². The zero-order valence-electron chi connectivity index (χ0n) is 8.52. The van der Waals surface area contributed by atoms with Gasteiger partial charge in [-0.25, -0.2) is 0 Å². The number of nitrogens with zero attached hydrogens (tertiary/aromatic N) is 2. The molecule has 0 aromatic heterocycles. The van der Waals surface area contributed by atoms with E-state index in [0.717, 1.165) is 6.26 Å². The monoisotopic (exact) mass is 292 g/mol. The van der Waals surface area contributed by atoms with Crippen LogP contribution in [0.4, 0.5) is 0 Å². The summed E-state index contributed by atoms with van der Waals surface area (Å²) in [7, 11) is -3.79. The molecule has 0 heterocycles. The van der Waals surface area contributed by atoms with Crippen LogP contribution in [0.2, 0.25) is 10.0 Å². The second-order valence-electron chi connectivity index (χ2n) is 2.93. The predicted molar refractivity (Wildman–Crippen MR) is 64.5 cm³/mol. The molecule has 5 nitrogen and oxygen atoms in total. The minimum atomic E-state index is -3.79. The molecular formula is C9H6Cl2N2O3S. The summed E-state index contributed by atoms with van der Waals surface area (Å²) in [6, 6.07) is 6.24. The quantitative estimate of drug-likeness (QED) is 0.632. The van der Waals surface area contributed by atoms with E-state index < -0.39 is 10.1 Å². The molecule has 0 unspecified atom stereocenters. The zero-order valence-corrected chi connectivity index (χ0v) is 10.8. The van der Waals surface area contributed by atoms with E-state index >= 15 is 0 Å². The Balaban J connectivity index is 3.25. The van der Waals surface area contributed by atoms with Crippen molar-refractivity contribution in [1.82, 2.24) is 0 Å². The van der Waals surface area contributed by atoms with Crippen molar-refractivity contribution >= 4 is 39.0 Å². The van der Waals surface area contributed by atoms with Crippen LogP contribution in [0.25, 0.3) is 0 Å². The maximum absolute atomic E-state index is 10.7. The molecule has 0 saturated heterocycles. The third-order valence-electron chi connectivity index (χ3n) is 1.57. The predicted octanol–water partition coefficient (Wildman–Crippen LogP) is 2.20. The largest absolute Gasteiger partial charge is 0.325 e. The maximum Gasteiger partial charge on any atom is 0.325 e. The average molecular weight is 293 g/mol. The number of hydrogen-bond donors (Lipinski definition) is 0. The van der Waals surface area contributed by atoms with Gasteiger partial charge in [-0.1, -0.05) is 34.4 Å². The normalized spacial score (nSPS) is 12.0. The van der Waals surface area contributed by atoms with Gasteiger partial charge in [0.25, 0.3) is 0 Å². The standard InChI is InChI=1S/C9H6Cl2N2O3S/c1-17(14,15)16-13-8(5-12)9-6(10)3-2-4-7(9)11/h2-4H,1H3. The van der Waals surface area contributed by atoms with E-state index in [-0.39, 0.29) is 21.3 Å². The second-order valence-corrected chi connectivity index (χ2v) is 5.30. The molecule has 0 saturated carbocycles. The molecule has 0 spiro atoms. The minimum absolute atomic E-state index is 0.127. The van der Waals surface area contributed by atoms with Gasteiger partial charge in [0.2, 0.25) is 0 Å². The van der Waals surface area contributed by atoms with E-state index in [0.29, 0.717) is 0 Å². The molecule has 1 aromatic carbocycles. The van der Waals surface area contributed by atoms with E-state index in [9.17, 15) is 8.42 Å². The van der Waals surface area contributed by atoms with Gasteiger partial charge in [-0.2, -0.15) is 13.7 Å². The lowest BCUT2D eigenvalue weighted by atomic mass is 10.1. The zero-order chi connectivity index (χ0) is 13.1. The molecule has 0 radical (unpaired) electrons. The Morgan fingerprint density at radius 2 is 1.94 bits per heavy atom. The highest BCUT2D eigenvalue weighted by atomic mass is 35.5. The first-order chi connectivity index (χ1) is 7.85. The number of rotatable bonds is 3. The first kappa shape index (κ1) is 13.8. The number of hydrogen-bond acceptors (Lipinski definition) is 5. The fraction of sp³-hybridized carbons (Fsp3) is 0.111. The van der Waals surface area contributed by atoms with Crippen molar-refractivity contribution in [1.29, 1.82) is 5.26 Å². The lowest BCUT2D eigenvalue weighted by Crippen LogP contribution is -2.04. The van der Waals surface area contributed by atoms with Gasteiger partial charge in [-0.05, 0) is 12.1 Å². The molecular weight excluding hydrogens is 287 g/mol. The van der Waals surface area contributed by atoms with Crippen LogP contribution < -0.4 is 0 Å². The summed E-state index contributed by atoms with van der Waals surface area (Å²) in [5.74, 6) is 0. The van der Waals surface area contributed by atoms with Crippen molar-refractivity contribution < 1.29 is 12.7 Å². The van der Waals surface area contributed by atoms with Crippen molar-refractivity contribution in [2.75, 3.05) is 6.26 Å². The van der Waals surface area contributed by atoms with Gasteiger partial charge in [-0.3, -0.25) is 4.28 Å². The van der Waals surface area contributed by atoms with Crippen LogP contribution in [-0.4, -0.2) is 20.4 Å². The number of nitriles is 1. The molecule has 1 aromatic rings.